The molecule has 2 heterocycles. The van der Waals surface area contributed by atoms with Crippen molar-refractivity contribution in [1.29, 1.82) is 0 Å². The molecule has 0 bridgehead atoms. The second-order valence-corrected chi connectivity index (χ2v) is 5.37. The number of rotatable bonds is 3. The molecule has 1 N–H and O–H groups in total. The summed E-state index contributed by atoms with van der Waals surface area (Å²) < 4.78 is 3.71. The predicted octanol–water partition coefficient (Wildman–Crippen LogP) is 1.67. The molecule has 0 radical (unpaired) electrons. The molecule has 0 unspecified atom stereocenters. The summed E-state index contributed by atoms with van der Waals surface area (Å²) in [6, 6.07) is 1.74. The Labute approximate surface area is 116 Å². The molecule has 6 nitrogen and oxygen atoms in total. The molecular weight excluding hydrogens is 262 g/mol. The lowest BCUT2D eigenvalue weighted by atomic mass is 10.2. The average molecular weight is 279 g/mol. The van der Waals surface area contributed by atoms with Crippen LogP contribution >= 0.6 is 12.2 Å². The van der Waals surface area contributed by atoms with Crippen LogP contribution in [0.2, 0.25) is 0 Å². The quantitative estimate of drug-likeness (QED) is 0.868. The minimum Gasteiger partial charge on any atom is -0.300 e. The maximum Gasteiger partial charge on any atom is 0.277 e. The van der Waals surface area contributed by atoms with E-state index in [1.165, 1.54) is 4.68 Å². The first kappa shape index (κ1) is 13.7. The van der Waals surface area contributed by atoms with E-state index in [0.29, 0.717) is 22.1 Å². The third-order valence-electron chi connectivity index (χ3n) is 2.73. The molecule has 0 aliphatic carbocycles. The van der Waals surface area contributed by atoms with Gasteiger partial charge < -0.3 is 0 Å². The third-order valence-corrected chi connectivity index (χ3v) is 3.04. The van der Waals surface area contributed by atoms with Crippen molar-refractivity contribution in [2.75, 3.05) is 0 Å². The Morgan fingerprint density at radius 2 is 2.16 bits per heavy atom. The molecule has 0 saturated heterocycles. The van der Waals surface area contributed by atoms with Crippen LogP contribution in [0.5, 0.6) is 0 Å². The van der Waals surface area contributed by atoms with E-state index in [0.717, 1.165) is 12.2 Å². The fraction of sp³-hybridized carbons (Fsp3) is 0.500. The van der Waals surface area contributed by atoms with Crippen LogP contribution in [0.25, 0.3) is 11.4 Å². The maximum atomic E-state index is 12.2. The summed E-state index contributed by atoms with van der Waals surface area (Å²) in [4.78, 5) is 12.2. The van der Waals surface area contributed by atoms with Gasteiger partial charge in [-0.05, 0) is 31.1 Å². The summed E-state index contributed by atoms with van der Waals surface area (Å²) in [5.74, 6) is 0.986. The number of aromatic amines is 1. The lowest BCUT2D eigenvalue weighted by Crippen LogP contribution is -2.23. The van der Waals surface area contributed by atoms with Gasteiger partial charge in [0.15, 0.2) is 10.6 Å². The van der Waals surface area contributed by atoms with Crippen LogP contribution in [0.15, 0.2) is 10.9 Å². The Kier molecular flexibility index (Phi) is 3.66. The number of nitrogens with zero attached hydrogens (tertiary/aromatic N) is 4. The highest BCUT2D eigenvalue weighted by atomic mass is 32.1. The Morgan fingerprint density at radius 1 is 1.47 bits per heavy atom. The number of H-pyrrole nitrogens is 1. The van der Waals surface area contributed by atoms with E-state index >= 15 is 0 Å². The molecule has 7 heteroatoms. The predicted molar refractivity (Wildman–Crippen MR) is 75.5 cm³/mol. The molecule has 2 aromatic heterocycles. The SMILES string of the molecule is Cc1cc(-c2n[nH]c(=S)n2CC(C)C)c(=O)n(C)n1. The van der Waals surface area contributed by atoms with Crippen molar-refractivity contribution in [3.05, 3.63) is 26.9 Å². The van der Waals surface area contributed by atoms with Gasteiger partial charge in [-0.1, -0.05) is 13.8 Å². The van der Waals surface area contributed by atoms with Gasteiger partial charge in [-0.15, -0.1) is 0 Å². The number of hydrogen-bond donors (Lipinski definition) is 1. The van der Waals surface area contributed by atoms with Crippen molar-refractivity contribution in [3.63, 3.8) is 0 Å². The van der Waals surface area contributed by atoms with Crippen LogP contribution < -0.4 is 5.56 Å². The van der Waals surface area contributed by atoms with Crippen molar-refractivity contribution in [2.24, 2.45) is 13.0 Å². The molecule has 102 valence electrons. The van der Waals surface area contributed by atoms with Gasteiger partial charge in [0, 0.05) is 13.6 Å². The summed E-state index contributed by atoms with van der Waals surface area (Å²) in [6.07, 6.45) is 0. The molecular formula is C12H17N5OS. The lowest BCUT2D eigenvalue weighted by molar-refractivity contribution is 0.521. The zero-order valence-electron chi connectivity index (χ0n) is 11.5. The molecule has 2 aromatic rings. The van der Waals surface area contributed by atoms with Crippen molar-refractivity contribution < 1.29 is 0 Å². The van der Waals surface area contributed by atoms with Crippen LogP contribution in [-0.4, -0.2) is 24.5 Å². The molecule has 19 heavy (non-hydrogen) atoms. The molecule has 2 rings (SSSR count). The van der Waals surface area contributed by atoms with Gasteiger partial charge in [-0.3, -0.25) is 14.5 Å². The van der Waals surface area contributed by atoms with E-state index in [4.69, 9.17) is 12.2 Å². The van der Waals surface area contributed by atoms with E-state index in [2.05, 4.69) is 29.1 Å². The van der Waals surface area contributed by atoms with E-state index in [1.54, 1.807) is 13.1 Å². The largest absolute Gasteiger partial charge is 0.300 e. The molecule has 0 amide bonds. The first-order valence-corrected chi connectivity index (χ1v) is 6.51. The zero-order chi connectivity index (χ0) is 14.2. The van der Waals surface area contributed by atoms with Gasteiger partial charge in [0.25, 0.3) is 5.56 Å². The third kappa shape index (κ3) is 2.65. The lowest BCUT2D eigenvalue weighted by Gasteiger charge is -2.10. The number of nitrogens with one attached hydrogen (secondary N) is 1. The van der Waals surface area contributed by atoms with Crippen LogP contribution in [0.4, 0.5) is 0 Å². The minimum atomic E-state index is -0.176. The Balaban J connectivity index is 2.66. The van der Waals surface area contributed by atoms with Crippen molar-refractivity contribution in [1.82, 2.24) is 24.5 Å². The number of aromatic nitrogens is 5. The molecule has 0 aliphatic rings. The van der Waals surface area contributed by atoms with Gasteiger partial charge >= 0.3 is 0 Å². The fourth-order valence-electron chi connectivity index (χ4n) is 1.97. The van der Waals surface area contributed by atoms with Crippen molar-refractivity contribution in [3.8, 4) is 11.4 Å². The number of aryl methyl sites for hydroxylation is 2. The van der Waals surface area contributed by atoms with Crippen LogP contribution in [-0.2, 0) is 13.6 Å². The standard InChI is InChI=1S/C12H17N5OS/c1-7(2)6-17-10(13-14-12(17)19)9-5-8(3)15-16(4)11(9)18/h5,7H,6H2,1-4H3,(H,14,19). The second kappa shape index (κ2) is 5.08. The second-order valence-electron chi connectivity index (χ2n) is 4.98. The van der Waals surface area contributed by atoms with Gasteiger partial charge in [0.2, 0.25) is 0 Å². The van der Waals surface area contributed by atoms with E-state index in [1.807, 2.05) is 11.5 Å². The normalized spacial score (nSPS) is 11.2. The van der Waals surface area contributed by atoms with Crippen LogP contribution in [0.1, 0.15) is 19.5 Å². The number of hydrogen-bond acceptors (Lipinski definition) is 4. The molecule has 0 fully saturated rings. The smallest absolute Gasteiger partial charge is 0.277 e. The topological polar surface area (TPSA) is 68.5 Å². The summed E-state index contributed by atoms with van der Waals surface area (Å²) in [7, 11) is 1.63. The minimum absolute atomic E-state index is 0.176. The van der Waals surface area contributed by atoms with Gasteiger partial charge in [0.05, 0.1) is 11.3 Å². The average Bonchev–Trinajstić information content (AvgIpc) is 2.65. The Hall–Kier alpha value is -1.76. The van der Waals surface area contributed by atoms with Crippen LogP contribution in [0.3, 0.4) is 0 Å². The van der Waals surface area contributed by atoms with Crippen molar-refractivity contribution >= 4 is 12.2 Å². The monoisotopic (exact) mass is 279 g/mol. The summed E-state index contributed by atoms with van der Waals surface area (Å²) >= 11 is 5.22. The molecule has 0 spiro atoms. The molecule has 0 aromatic carbocycles. The van der Waals surface area contributed by atoms with Gasteiger partial charge in [-0.25, -0.2) is 4.68 Å². The highest BCUT2D eigenvalue weighted by molar-refractivity contribution is 7.71. The van der Waals surface area contributed by atoms with Crippen LogP contribution in [0, 0.1) is 17.6 Å². The Morgan fingerprint density at radius 3 is 2.79 bits per heavy atom. The molecule has 0 aliphatic heterocycles. The van der Waals surface area contributed by atoms with Crippen molar-refractivity contribution in [2.45, 2.75) is 27.3 Å². The highest BCUT2D eigenvalue weighted by Crippen LogP contribution is 2.15. The first-order chi connectivity index (χ1) is 8.90. The van der Waals surface area contributed by atoms with E-state index in [-0.39, 0.29) is 5.56 Å². The first-order valence-electron chi connectivity index (χ1n) is 6.10. The molecule has 0 saturated carbocycles. The summed E-state index contributed by atoms with van der Waals surface area (Å²) in [6.45, 7) is 6.75. The van der Waals surface area contributed by atoms with E-state index in [9.17, 15) is 4.79 Å². The highest BCUT2D eigenvalue weighted by Gasteiger charge is 2.15. The van der Waals surface area contributed by atoms with E-state index < -0.39 is 0 Å². The summed E-state index contributed by atoms with van der Waals surface area (Å²) in [5, 5.41) is 11.0. The fourth-order valence-corrected chi connectivity index (χ4v) is 2.18. The summed E-state index contributed by atoms with van der Waals surface area (Å²) in [5.41, 5.74) is 1.11. The maximum absolute atomic E-state index is 12.2. The molecule has 0 atom stereocenters. The van der Waals surface area contributed by atoms with Gasteiger partial charge in [0.1, 0.15) is 0 Å². The van der Waals surface area contributed by atoms with Gasteiger partial charge in [-0.2, -0.15) is 10.2 Å². The zero-order valence-corrected chi connectivity index (χ0v) is 12.3. The Bertz CT molecular complexity index is 710.